The highest BCUT2D eigenvalue weighted by molar-refractivity contribution is 7.86. The lowest BCUT2D eigenvalue weighted by molar-refractivity contribution is 0.0394. The van der Waals surface area contributed by atoms with Crippen LogP contribution in [0.3, 0.4) is 0 Å². The van der Waals surface area contributed by atoms with E-state index in [1.54, 1.807) is 12.1 Å². The summed E-state index contributed by atoms with van der Waals surface area (Å²) in [7, 11) is -10.0. The lowest BCUT2D eigenvalue weighted by Crippen LogP contribution is -2.19. The second kappa shape index (κ2) is 8.32. The molecule has 4 rings (SSSR count). The normalized spacial score (nSPS) is 12.1. The molecule has 0 spiro atoms. The zero-order chi connectivity index (χ0) is 25.7. The molecule has 0 aliphatic rings. The number of benzene rings is 4. The highest BCUT2D eigenvalue weighted by Gasteiger charge is 2.31. The topological polar surface area (TPSA) is 204 Å². The van der Waals surface area contributed by atoms with Gasteiger partial charge in [-0.15, -0.1) is 0 Å². The molecule has 0 aromatic heterocycles. The summed E-state index contributed by atoms with van der Waals surface area (Å²) >= 11 is 0. The zero-order valence-electron chi connectivity index (χ0n) is 17.5. The predicted molar refractivity (Wildman–Crippen MR) is 126 cm³/mol. The van der Waals surface area contributed by atoms with E-state index < -0.39 is 53.1 Å². The first-order chi connectivity index (χ1) is 16.3. The summed E-state index contributed by atoms with van der Waals surface area (Å²) in [6.45, 7) is 0. The summed E-state index contributed by atoms with van der Waals surface area (Å²) in [5.74, 6) is -3.03. The number of anilines is 2. The van der Waals surface area contributed by atoms with Crippen molar-refractivity contribution in [1.29, 1.82) is 0 Å². The summed E-state index contributed by atoms with van der Waals surface area (Å²) in [6.07, 6.45) is 0. The van der Waals surface area contributed by atoms with Crippen LogP contribution in [0.15, 0.2) is 70.5 Å². The molecule has 0 saturated heterocycles. The van der Waals surface area contributed by atoms with Crippen LogP contribution in [-0.2, 0) is 25.0 Å². The lowest BCUT2D eigenvalue weighted by Gasteiger charge is -2.14. The molecule has 6 N–H and O–H groups in total. The van der Waals surface area contributed by atoms with Crippen molar-refractivity contribution in [2.75, 3.05) is 11.5 Å². The molecule has 11 nitrogen and oxygen atoms in total. The molecule has 0 heterocycles. The molecule has 35 heavy (non-hydrogen) atoms. The molecule has 0 saturated carbocycles. The lowest BCUT2D eigenvalue weighted by atomic mass is 10.0. The van der Waals surface area contributed by atoms with Crippen molar-refractivity contribution < 1.29 is 40.3 Å². The number of hydrogen-bond donors (Lipinski definition) is 4. The number of nitrogens with two attached hydrogens (primary N) is 2. The molecule has 13 heteroatoms. The average molecular weight is 517 g/mol. The van der Waals surface area contributed by atoms with Crippen molar-refractivity contribution in [2.45, 2.75) is 9.79 Å². The number of fused-ring (bicyclic) bond motifs is 2. The molecule has 0 fully saturated rings. The number of carbonyl (C=O) groups excluding carboxylic acids is 2. The van der Waals surface area contributed by atoms with Gasteiger partial charge in [0.2, 0.25) is 0 Å². The van der Waals surface area contributed by atoms with E-state index >= 15 is 0 Å². The Labute approximate surface area is 198 Å². The van der Waals surface area contributed by atoms with Crippen LogP contribution >= 0.6 is 0 Å². The summed E-state index contributed by atoms with van der Waals surface area (Å²) in [5, 5.41) is 0.372. The van der Waals surface area contributed by atoms with Gasteiger partial charge in [0.1, 0.15) is 9.79 Å². The van der Waals surface area contributed by atoms with Gasteiger partial charge in [-0.1, -0.05) is 48.5 Å². The number of carbonyl (C=O) groups is 2. The van der Waals surface area contributed by atoms with Crippen molar-refractivity contribution in [3.8, 4) is 0 Å². The summed E-state index contributed by atoms with van der Waals surface area (Å²) in [5.41, 5.74) is 10.2. The van der Waals surface area contributed by atoms with E-state index in [2.05, 4.69) is 0 Å². The Morgan fingerprint density at radius 2 is 0.943 bits per heavy atom. The fourth-order valence-electron chi connectivity index (χ4n) is 3.77. The minimum Gasteiger partial charge on any atom is -0.398 e. The van der Waals surface area contributed by atoms with Gasteiger partial charge in [-0.2, -0.15) is 16.8 Å². The smallest absolute Gasteiger partial charge is 0.348 e. The molecule has 0 aliphatic heterocycles. The van der Waals surface area contributed by atoms with E-state index in [1.807, 2.05) is 0 Å². The van der Waals surface area contributed by atoms with Crippen LogP contribution in [0.2, 0.25) is 0 Å². The van der Waals surface area contributed by atoms with Gasteiger partial charge >= 0.3 is 11.9 Å². The van der Waals surface area contributed by atoms with E-state index in [4.69, 9.17) is 16.2 Å². The van der Waals surface area contributed by atoms with E-state index in [1.165, 1.54) is 36.4 Å². The average Bonchev–Trinajstić information content (AvgIpc) is 2.77. The maximum atomic E-state index is 13.1. The quantitative estimate of drug-likeness (QED) is 0.134. The molecule has 0 atom stereocenters. The number of esters is 2. The van der Waals surface area contributed by atoms with Crippen LogP contribution in [0.5, 0.6) is 0 Å². The van der Waals surface area contributed by atoms with Gasteiger partial charge in [-0.05, 0) is 22.9 Å². The number of ether oxygens (including phenoxy) is 1. The van der Waals surface area contributed by atoms with Crippen LogP contribution in [0.4, 0.5) is 11.4 Å². The molecular weight excluding hydrogens is 500 g/mol. The van der Waals surface area contributed by atoms with Crippen molar-refractivity contribution in [3.63, 3.8) is 0 Å². The van der Waals surface area contributed by atoms with E-state index in [0.29, 0.717) is 0 Å². The van der Waals surface area contributed by atoms with Crippen molar-refractivity contribution in [1.82, 2.24) is 0 Å². The molecule has 4 aromatic carbocycles. The summed E-state index contributed by atoms with van der Waals surface area (Å²) in [4.78, 5) is 24.4. The monoisotopic (exact) mass is 516 g/mol. The second-order valence-corrected chi connectivity index (χ2v) is 10.2. The van der Waals surface area contributed by atoms with Crippen LogP contribution in [0, 0.1) is 0 Å². The molecular formula is C22H16N2O9S2. The SMILES string of the molecule is Nc1cc(S(=O)(=O)O)c(C(=O)OC(=O)c2c(S(=O)(=O)O)cc(N)c3ccccc23)c2ccccc12. The Hall–Kier alpha value is -4.04. The van der Waals surface area contributed by atoms with Gasteiger partial charge < -0.3 is 16.2 Å². The minimum atomic E-state index is -5.01. The van der Waals surface area contributed by atoms with Crippen molar-refractivity contribution in [2.24, 2.45) is 0 Å². The third kappa shape index (κ3) is 4.28. The van der Waals surface area contributed by atoms with Gasteiger partial charge in [0, 0.05) is 22.1 Å². The number of hydrogen-bond acceptors (Lipinski definition) is 9. The van der Waals surface area contributed by atoms with Gasteiger partial charge in [-0.3, -0.25) is 9.11 Å². The molecule has 0 unspecified atom stereocenters. The molecule has 4 aromatic rings. The Morgan fingerprint density at radius 1 is 0.629 bits per heavy atom. The molecule has 0 amide bonds. The first-order valence-electron chi connectivity index (χ1n) is 9.64. The summed E-state index contributed by atoms with van der Waals surface area (Å²) in [6, 6.07) is 13.3. The molecule has 0 aliphatic carbocycles. The van der Waals surface area contributed by atoms with Crippen molar-refractivity contribution in [3.05, 3.63) is 71.8 Å². The van der Waals surface area contributed by atoms with E-state index in [-0.39, 0.29) is 32.9 Å². The van der Waals surface area contributed by atoms with Gasteiger partial charge in [0.15, 0.2) is 0 Å². The fraction of sp³-hybridized carbons (Fsp3) is 0. The van der Waals surface area contributed by atoms with Crippen LogP contribution in [0.1, 0.15) is 20.7 Å². The maximum absolute atomic E-state index is 13.1. The highest BCUT2D eigenvalue weighted by atomic mass is 32.2. The zero-order valence-corrected chi connectivity index (χ0v) is 19.1. The molecule has 180 valence electrons. The summed E-state index contributed by atoms with van der Waals surface area (Å²) < 4.78 is 72.2. The Kier molecular flexibility index (Phi) is 5.73. The predicted octanol–water partition coefficient (Wildman–Crippen LogP) is 2.65. The Bertz CT molecular complexity index is 1650. The van der Waals surface area contributed by atoms with Gasteiger partial charge in [0.05, 0.1) is 11.1 Å². The Balaban J connectivity index is 1.94. The third-order valence-electron chi connectivity index (χ3n) is 5.23. The highest BCUT2D eigenvalue weighted by Crippen LogP contribution is 2.34. The molecule has 0 bridgehead atoms. The van der Waals surface area contributed by atoms with E-state index in [9.17, 15) is 35.5 Å². The van der Waals surface area contributed by atoms with Crippen LogP contribution in [0.25, 0.3) is 21.5 Å². The number of nitrogen functional groups attached to an aromatic ring is 2. The minimum absolute atomic E-state index is 0.0462. The number of rotatable bonds is 4. The first-order valence-corrected chi connectivity index (χ1v) is 12.5. The Morgan fingerprint density at radius 3 is 1.26 bits per heavy atom. The van der Waals surface area contributed by atoms with Gasteiger partial charge in [0.25, 0.3) is 20.2 Å². The van der Waals surface area contributed by atoms with Crippen LogP contribution in [-0.4, -0.2) is 37.9 Å². The largest absolute Gasteiger partial charge is 0.398 e. The fourth-order valence-corrected chi connectivity index (χ4v) is 5.22. The molecule has 0 radical (unpaired) electrons. The maximum Gasteiger partial charge on any atom is 0.348 e. The van der Waals surface area contributed by atoms with E-state index in [0.717, 1.165) is 12.1 Å². The van der Waals surface area contributed by atoms with Gasteiger partial charge in [-0.25, -0.2) is 9.59 Å². The first kappa shape index (κ1) is 24.1. The third-order valence-corrected chi connectivity index (χ3v) is 6.99. The second-order valence-electron chi connectivity index (χ2n) is 7.40. The standard InChI is InChI=1S/C22H16N2O9S2/c23-15-9-17(34(27,28)29)19(13-7-3-1-5-11(13)15)21(25)33-22(26)20-14-8-4-2-6-12(14)16(24)10-18(20)35(30,31)32/h1-10H,23-24H2,(H,27,28,29)(H,30,31,32). The van der Waals surface area contributed by atoms with Crippen molar-refractivity contribution >= 4 is 65.1 Å². The van der Waals surface area contributed by atoms with Crippen LogP contribution < -0.4 is 11.5 Å².